The van der Waals surface area contributed by atoms with Crippen molar-refractivity contribution in [3.8, 4) is 11.5 Å². The van der Waals surface area contributed by atoms with Crippen LogP contribution in [0.1, 0.15) is 11.7 Å². The molecule has 7 nitrogen and oxygen atoms in total. The van der Waals surface area contributed by atoms with E-state index in [1.165, 1.54) is 0 Å². The van der Waals surface area contributed by atoms with Gasteiger partial charge < -0.3 is 15.2 Å². The number of hydrogen-bond acceptors (Lipinski definition) is 6. The number of nitrogens with one attached hydrogen (secondary N) is 1. The Hall–Kier alpha value is -2.74. The Labute approximate surface area is 145 Å². The van der Waals surface area contributed by atoms with Gasteiger partial charge in [-0.1, -0.05) is 12.1 Å². The molecule has 5 rings (SSSR count). The summed E-state index contributed by atoms with van der Waals surface area (Å²) in [5.41, 5.74) is 8.76. The maximum atomic E-state index is 5.97. The predicted octanol–water partition coefficient (Wildman–Crippen LogP) is 2.81. The van der Waals surface area contributed by atoms with Crippen LogP contribution in [0.15, 0.2) is 45.9 Å². The van der Waals surface area contributed by atoms with Crippen molar-refractivity contribution < 1.29 is 9.47 Å². The van der Waals surface area contributed by atoms with Crippen molar-refractivity contribution in [2.24, 2.45) is 10.7 Å². The summed E-state index contributed by atoms with van der Waals surface area (Å²) in [6.45, 7) is 0.217. The van der Waals surface area contributed by atoms with Crippen molar-refractivity contribution in [1.82, 2.24) is 9.55 Å². The number of nitrogens with zero attached hydrogens (tertiary/aromatic N) is 3. The predicted molar refractivity (Wildman–Crippen MR) is 93.4 cm³/mol. The monoisotopic (exact) mass is 385 g/mol. The molecule has 1 atom stereocenters. The van der Waals surface area contributed by atoms with E-state index in [0.717, 1.165) is 21.1 Å². The van der Waals surface area contributed by atoms with Crippen LogP contribution < -0.4 is 20.5 Å². The molecule has 0 fully saturated rings. The van der Waals surface area contributed by atoms with Gasteiger partial charge in [0.2, 0.25) is 12.7 Å². The van der Waals surface area contributed by atoms with Crippen LogP contribution in [-0.4, -0.2) is 22.3 Å². The highest BCUT2D eigenvalue weighted by atomic mass is 79.9. The van der Waals surface area contributed by atoms with Gasteiger partial charge >= 0.3 is 0 Å². The molecule has 3 aromatic rings. The third-order valence-corrected chi connectivity index (χ3v) is 4.68. The number of aromatic nitrogens is 2. The zero-order valence-corrected chi connectivity index (χ0v) is 13.9. The van der Waals surface area contributed by atoms with Gasteiger partial charge in [0.05, 0.1) is 15.5 Å². The standard InChI is InChI=1S/C16H12BrN5O2/c17-9-5-8(6-12-13(9)24-7-23-12)14-20-15(18)21-16-19-10-3-1-2-4-11(10)22(14)16/h1-6,14H,7H2,(H3,18,19,20,21)/t14-/m1/s1. The van der Waals surface area contributed by atoms with Gasteiger partial charge in [-0.25, -0.2) is 9.98 Å². The first-order valence-corrected chi connectivity index (χ1v) is 8.16. The summed E-state index contributed by atoms with van der Waals surface area (Å²) in [4.78, 5) is 9.17. The van der Waals surface area contributed by atoms with Crippen LogP contribution >= 0.6 is 15.9 Å². The number of hydrogen-bond donors (Lipinski definition) is 2. The highest BCUT2D eigenvalue weighted by Gasteiger charge is 2.28. The van der Waals surface area contributed by atoms with Crippen LogP contribution in [0, 0.1) is 0 Å². The van der Waals surface area contributed by atoms with Crippen LogP contribution in [-0.2, 0) is 0 Å². The average molecular weight is 386 g/mol. The number of imidazole rings is 1. The third kappa shape index (κ3) is 1.89. The van der Waals surface area contributed by atoms with Crippen molar-refractivity contribution in [1.29, 1.82) is 0 Å². The molecule has 0 radical (unpaired) electrons. The highest BCUT2D eigenvalue weighted by molar-refractivity contribution is 9.10. The van der Waals surface area contributed by atoms with E-state index >= 15 is 0 Å². The Balaban J connectivity index is 1.74. The van der Waals surface area contributed by atoms with Crippen molar-refractivity contribution in [2.75, 3.05) is 12.1 Å². The van der Waals surface area contributed by atoms with E-state index in [1.807, 2.05) is 41.0 Å². The number of aliphatic imine (C=N–C) groups is 1. The van der Waals surface area contributed by atoms with E-state index < -0.39 is 0 Å². The van der Waals surface area contributed by atoms with Crippen molar-refractivity contribution in [3.63, 3.8) is 0 Å². The Morgan fingerprint density at radius 2 is 2.12 bits per heavy atom. The van der Waals surface area contributed by atoms with Gasteiger partial charge in [0.25, 0.3) is 0 Å². The smallest absolute Gasteiger partial charge is 0.231 e. The molecule has 3 heterocycles. The molecule has 0 amide bonds. The van der Waals surface area contributed by atoms with Gasteiger partial charge in [-0.3, -0.25) is 9.88 Å². The second-order valence-corrected chi connectivity index (χ2v) is 6.40. The minimum Gasteiger partial charge on any atom is -0.454 e. The lowest BCUT2D eigenvalue weighted by Crippen LogP contribution is -2.31. The van der Waals surface area contributed by atoms with Crippen LogP contribution in [0.4, 0.5) is 5.95 Å². The number of halogens is 1. The molecule has 24 heavy (non-hydrogen) atoms. The first-order valence-electron chi connectivity index (χ1n) is 7.37. The van der Waals surface area contributed by atoms with E-state index in [0.29, 0.717) is 23.4 Å². The zero-order valence-electron chi connectivity index (χ0n) is 12.4. The third-order valence-electron chi connectivity index (χ3n) is 4.09. The van der Waals surface area contributed by atoms with Gasteiger partial charge in [0.15, 0.2) is 23.6 Å². The first-order chi connectivity index (χ1) is 11.7. The number of benzene rings is 2. The normalized spacial score (nSPS) is 18.2. The SMILES string of the molecule is NC1=N[C@@H](c2cc(Br)c3c(c2)OCO3)n2c(nc3ccccc32)N1. The van der Waals surface area contributed by atoms with Gasteiger partial charge in [-0.2, -0.15) is 0 Å². The summed E-state index contributed by atoms with van der Waals surface area (Å²) in [7, 11) is 0. The maximum Gasteiger partial charge on any atom is 0.231 e. The number of para-hydroxylation sites is 2. The van der Waals surface area contributed by atoms with E-state index in [-0.39, 0.29) is 13.0 Å². The fourth-order valence-electron chi connectivity index (χ4n) is 3.08. The number of rotatable bonds is 1. The largest absolute Gasteiger partial charge is 0.454 e. The van der Waals surface area contributed by atoms with Crippen LogP contribution in [0.25, 0.3) is 11.0 Å². The van der Waals surface area contributed by atoms with Crippen molar-refractivity contribution in [2.45, 2.75) is 6.17 Å². The summed E-state index contributed by atoms with van der Waals surface area (Å²) >= 11 is 3.54. The average Bonchev–Trinajstić information content (AvgIpc) is 3.17. The van der Waals surface area contributed by atoms with Gasteiger partial charge in [-0.15, -0.1) is 0 Å². The molecule has 0 spiro atoms. The highest BCUT2D eigenvalue weighted by Crippen LogP contribution is 2.43. The van der Waals surface area contributed by atoms with Gasteiger partial charge in [-0.05, 0) is 40.2 Å². The van der Waals surface area contributed by atoms with E-state index in [4.69, 9.17) is 15.2 Å². The van der Waals surface area contributed by atoms with Crippen LogP contribution in [0.5, 0.6) is 11.5 Å². The molecule has 1 aromatic heterocycles. The van der Waals surface area contributed by atoms with E-state index in [9.17, 15) is 0 Å². The molecule has 2 aliphatic rings. The summed E-state index contributed by atoms with van der Waals surface area (Å²) < 4.78 is 13.8. The lowest BCUT2D eigenvalue weighted by Gasteiger charge is -2.24. The number of fused-ring (bicyclic) bond motifs is 4. The summed E-state index contributed by atoms with van der Waals surface area (Å²) in [6, 6.07) is 11.8. The fourth-order valence-corrected chi connectivity index (χ4v) is 3.65. The van der Waals surface area contributed by atoms with Gasteiger partial charge in [0, 0.05) is 5.56 Å². The molecule has 8 heteroatoms. The molecular weight excluding hydrogens is 374 g/mol. The first kappa shape index (κ1) is 13.7. The Morgan fingerprint density at radius 1 is 1.25 bits per heavy atom. The second kappa shape index (κ2) is 4.88. The maximum absolute atomic E-state index is 5.97. The lowest BCUT2D eigenvalue weighted by atomic mass is 10.1. The van der Waals surface area contributed by atoms with E-state index in [1.54, 1.807) is 0 Å². The Bertz CT molecular complexity index is 1010. The fraction of sp³-hybridized carbons (Fsp3) is 0.125. The van der Waals surface area contributed by atoms with E-state index in [2.05, 4.69) is 31.2 Å². The number of nitrogens with two attached hydrogens (primary N) is 1. The molecule has 120 valence electrons. The minimum atomic E-state index is -0.334. The Morgan fingerprint density at radius 3 is 3.04 bits per heavy atom. The summed E-state index contributed by atoms with van der Waals surface area (Å²) in [5.74, 6) is 2.40. The molecule has 0 saturated carbocycles. The molecule has 0 bridgehead atoms. The van der Waals surface area contributed by atoms with Crippen molar-refractivity contribution >= 4 is 38.9 Å². The molecule has 3 N–H and O–H groups in total. The van der Waals surface area contributed by atoms with Gasteiger partial charge in [0.1, 0.15) is 0 Å². The molecule has 0 saturated heterocycles. The minimum absolute atomic E-state index is 0.217. The lowest BCUT2D eigenvalue weighted by molar-refractivity contribution is 0.173. The zero-order chi connectivity index (χ0) is 16.3. The number of anilines is 1. The molecular formula is C16H12BrN5O2. The Kier molecular flexibility index (Phi) is 2.78. The molecule has 2 aromatic carbocycles. The van der Waals surface area contributed by atoms with Crippen LogP contribution in [0.3, 0.4) is 0 Å². The molecule has 0 unspecified atom stereocenters. The molecule has 0 aliphatic carbocycles. The summed E-state index contributed by atoms with van der Waals surface area (Å²) in [5, 5.41) is 3.03. The number of ether oxygens (including phenoxy) is 2. The topological polar surface area (TPSA) is 86.7 Å². The second-order valence-electron chi connectivity index (χ2n) is 5.54. The summed E-state index contributed by atoms with van der Waals surface area (Å²) in [6.07, 6.45) is -0.334. The molecule has 2 aliphatic heterocycles. The van der Waals surface area contributed by atoms with Crippen molar-refractivity contribution in [3.05, 3.63) is 46.4 Å². The quantitative estimate of drug-likeness (QED) is 0.672. The number of guanidine groups is 1. The van der Waals surface area contributed by atoms with Crippen LogP contribution in [0.2, 0.25) is 0 Å².